The number of para-hydroxylation sites is 2. The average Bonchev–Trinajstić information content (AvgIpc) is 2.97. The molecule has 5 aromatic carbocycles. The van der Waals surface area contributed by atoms with E-state index in [1.54, 1.807) is 0 Å². The number of fused-ring (bicyclic) bond motifs is 5. The van der Waals surface area contributed by atoms with Crippen molar-refractivity contribution in [2.45, 2.75) is 5.60 Å². The summed E-state index contributed by atoms with van der Waals surface area (Å²) in [5, 5.41) is 12.9. The summed E-state index contributed by atoms with van der Waals surface area (Å²) in [6.45, 7) is 0. The molecule has 34 heavy (non-hydrogen) atoms. The SMILES string of the molecule is OC1(c2ccccc2Oc2ccccc2)c2ccccc2-c2ccccc2-c2cc(Br)ccc21. The van der Waals surface area contributed by atoms with Crippen molar-refractivity contribution in [2.75, 3.05) is 0 Å². The van der Waals surface area contributed by atoms with E-state index < -0.39 is 5.60 Å². The fourth-order valence-corrected chi connectivity index (χ4v) is 5.31. The summed E-state index contributed by atoms with van der Waals surface area (Å²) in [6, 6.07) is 40.0. The molecule has 1 N–H and O–H groups in total. The van der Waals surface area contributed by atoms with Gasteiger partial charge in [-0.3, -0.25) is 0 Å². The van der Waals surface area contributed by atoms with Gasteiger partial charge >= 0.3 is 0 Å². The molecular weight excluding hydrogens is 484 g/mol. The first-order valence-electron chi connectivity index (χ1n) is 11.2. The van der Waals surface area contributed by atoms with E-state index in [2.05, 4.69) is 40.2 Å². The molecule has 0 aliphatic heterocycles. The van der Waals surface area contributed by atoms with Gasteiger partial charge < -0.3 is 9.84 Å². The van der Waals surface area contributed by atoms with E-state index >= 15 is 0 Å². The minimum Gasteiger partial charge on any atom is -0.457 e. The maximum Gasteiger partial charge on any atom is 0.145 e. The van der Waals surface area contributed by atoms with Crippen LogP contribution in [0.25, 0.3) is 22.3 Å². The summed E-state index contributed by atoms with van der Waals surface area (Å²) in [7, 11) is 0. The van der Waals surface area contributed by atoms with Crippen LogP contribution in [0.5, 0.6) is 11.5 Å². The van der Waals surface area contributed by atoms with Gasteiger partial charge in [-0.15, -0.1) is 0 Å². The summed E-state index contributed by atoms with van der Waals surface area (Å²) in [5.74, 6) is 1.34. The summed E-state index contributed by atoms with van der Waals surface area (Å²) in [6.07, 6.45) is 0. The standard InChI is InChI=1S/C31H21BrO2/c32-21-18-19-28-26(20-21)24-13-5-4-12-23(24)25-14-6-7-15-27(25)31(28,33)29-16-8-9-17-30(29)34-22-10-2-1-3-11-22/h1-20,33H. The van der Waals surface area contributed by atoms with Crippen molar-refractivity contribution in [3.63, 3.8) is 0 Å². The topological polar surface area (TPSA) is 29.5 Å². The monoisotopic (exact) mass is 504 g/mol. The highest BCUT2D eigenvalue weighted by atomic mass is 79.9. The summed E-state index contributed by atoms with van der Waals surface area (Å²) < 4.78 is 7.29. The Hall–Kier alpha value is -3.66. The molecule has 2 nitrogen and oxygen atoms in total. The van der Waals surface area contributed by atoms with Crippen molar-refractivity contribution < 1.29 is 9.84 Å². The quantitative estimate of drug-likeness (QED) is 0.268. The van der Waals surface area contributed by atoms with Gasteiger partial charge in [0.15, 0.2) is 0 Å². The predicted octanol–water partition coefficient (Wildman–Crippen LogP) is 8.17. The molecule has 1 atom stereocenters. The zero-order chi connectivity index (χ0) is 23.1. The third-order valence-electron chi connectivity index (χ3n) is 6.44. The number of ether oxygens (including phenoxy) is 1. The van der Waals surface area contributed by atoms with Crippen LogP contribution in [-0.4, -0.2) is 5.11 Å². The Morgan fingerprint density at radius 1 is 0.529 bits per heavy atom. The van der Waals surface area contributed by atoms with Crippen molar-refractivity contribution >= 4 is 15.9 Å². The smallest absolute Gasteiger partial charge is 0.145 e. The van der Waals surface area contributed by atoms with Crippen LogP contribution in [0.1, 0.15) is 16.7 Å². The van der Waals surface area contributed by atoms with Crippen LogP contribution in [0.3, 0.4) is 0 Å². The van der Waals surface area contributed by atoms with Crippen molar-refractivity contribution in [2.24, 2.45) is 0 Å². The number of hydrogen-bond donors (Lipinski definition) is 1. The zero-order valence-corrected chi connectivity index (χ0v) is 19.9. The summed E-state index contributed by atoms with van der Waals surface area (Å²) in [4.78, 5) is 0. The van der Waals surface area contributed by atoms with Crippen molar-refractivity contribution in [3.05, 3.63) is 142 Å². The van der Waals surface area contributed by atoms with Crippen LogP contribution in [0.4, 0.5) is 0 Å². The molecule has 0 aromatic heterocycles. The minimum absolute atomic E-state index is 0.617. The highest BCUT2D eigenvalue weighted by molar-refractivity contribution is 9.10. The normalized spacial score (nSPS) is 16.1. The second kappa shape index (κ2) is 8.28. The van der Waals surface area contributed by atoms with E-state index in [-0.39, 0.29) is 0 Å². The third kappa shape index (κ3) is 3.28. The Balaban J connectivity index is 1.69. The number of benzene rings is 5. The van der Waals surface area contributed by atoms with Crippen LogP contribution in [-0.2, 0) is 5.60 Å². The van der Waals surface area contributed by atoms with Crippen molar-refractivity contribution in [1.29, 1.82) is 0 Å². The third-order valence-corrected chi connectivity index (χ3v) is 6.94. The van der Waals surface area contributed by atoms with Gasteiger partial charge in [-0.1, -0.05) is 107 Å². The number of aliphatic hydroxyl groups is 1. The van der Waals surface area contributed by atoms with E-state index in [0.717, 1.165) is 43.6 Å². The lowest BCUT2D eigenvalue weighted by Crippen LogP contribution is -2.30. The maximum atomic E-state index is 12.9. The molecule has 0 spiro atoms. The van der Waals surface area contributed by atoms with Gasteiger partial charge in [0.05, 0.1) is 0 Å². The van der Waals surface area contributed by atoms with E-state index in [0.29, 0.717) is 11.3 Å². The zero-order valence-electron chi connectivity index (χ0n) is 18.3. The van der Waals surface area contributed by atoms with Gasteiger partial charge in [-0.2, -0.15) is 0 Å². The number of hydrogen-bond acceptors (Lipinski definition) is 2. The summed E-state index contributed by atoms with van der Waals surface area (Å²) >= 11 is 3.65. The van der Waals surface area contributed by atoms with Crippen LogP contribution in [0, 0.1) is 0 Å². The molecule has 0 fully saturated rings. The lowest BCUT2D eigenvalue weighted by Gasteiger charge is -2.33. The molecule has 0 amide bonds. The fourth-order valence-electron chi connectivity index (χ4n) is 4.95. The molecule has 1 unspecified atom stereocenters. The van der Waals surface area contributed by atoms with E-state index in [1.807, 2.05) is 97.1 Å². The Morgan fingerprint density at radius 3 is 1.85 bits per heavy atom. The maximum absolute atomic E-state index is 12.9. The van der Waals surface area contributed by atoms with Gasteiger partial charge in [-0.05, 0) is 52.6 Å². The van der Waals surface area contributed by atoms with Crippen molar-refractivity contribution in [1.82, 2.24) is 0 Å². The van der Waals surface area contributed by atoms with Crippen molar-refractivity contribution in [3.8, 4) is 33.8 Å². The first-order valence-corrected chi connectivity index (χ1v) is 12.0. The minimum atomic E-state index is -1.43. The van der Waals surface area contributed by atoms with Gasteiger partial charge in [-0.25, -0.2) is 0 Å². The summed E-state index contributed by atoms with van der Waals surface area (Å²) in [5.41, 5.74) is 5.07. The molecule has 1 aliphatic rings. The molecule has 6 rings (SSSR count). The number of rotatable bonds is 3. The number of halogens is 1. The largest absolute Gasteiger partial charge is 0.457 e. The highest BCUT2D eigenvalue weighted by Gasteiger charge is 2.42. The molecule has 0 radical (unpaired) electrons. The van der Waals surface area contributed by atoms with Crippen LogP contribution >= 0.6 is 15.9 Å². The van der Waals surface area contributed by atoms with E-state index in [1.165, 1.54) is 0 Å². The molecule has 0 saturated carbocycles. The Kier molecular flexibility index (Phi) is 5.09. The van der Waals surface area contributed by atoms with Gasteiger partial charge in [0, 0.05) is 21.2 Å². The molecule has 1 aliphatic carbocycles. The molecule has 0 saturated heterocycles. The molecule has 164 valence electrons. The molecule has 5 aromatic rings. The lowest BCUT2D eigenvalue weighted by molar-refractivity contribution is 0.124. The molecule has 3 heteroatoms. The molecular formula is C31H21BrO2. The van der Waals surface area contributed by atoms with Gasteiger partial charge in [0.1, 0.15) is 17.1 Å². The predicted molar refractivity (Wildman–Crippen MR) is 140 cm³/mol. The Morgan fingerprint density at radius 2 is 1.09 bits per heavy atom. The second-order valence-electron chi connectivity index (χ2n) is 8.40. The van der Waals surface area contributed by atoms with Crippen LogP contribution in [0.2, 0.25) is 0 Å². The van der Waals surface area contributed by atoms with E-state index in [4.69, 9.17) is 4.74 Å². The lowest BCUT2D eigenvalue weighted by atomic mass is 9.77. The molecule has 0 heterocycles. The fraction of sp³-hybridized carbons (Fsp3) is 0.0323. The highest BCUT2D eigenvalue weighted by Crippen LogP contribution is 2.52. The van der Waals surface area contributed by atoms with Crippen LogP contribution in [0.15, 0.2) is 126 Å². The average molecular weight is 505 g/mol. The first-order chi connectivity index (χ1) is 16.7. The Bertz CT molecular complexity index is 1510. The van der Waals surface area contributed by atoms with Crippen LogP contribution < -0.4 is 4.74 Å². The van der Waals surface area contributed by atoms with Gasteiger partial charge in [0.2, 0.25) is 0 Å². The van der Waals surface area contributed by atoms with E-state index in [9.17, 15) is 5.11 Å². The molecule has 0 bridgehead atoms. The van der Waals surface area contributed by atoms with Gasteiger partial charge in [0.25, 0.3) is 0 Å². The second-order valence-corrected chi connectivity index (χ2v) is 9.32. The first kappa shape index (κ1) is 20.9. The Labute approximate surface area is 207 Å².